The van der Waals surface area contributed by atoms with E-state index in [1.54, 1.807) is 5.57 Å². The van der Waals surface area contributed by atoms with Crippen LogP contribution in [0.5, 0.6) is 0 Å². The molecule has 1 saturated carbocycles. The van der Waals surface area contributed by atoms with Crippen LogP contribution in [0.3, 0.4) is 0 Å². The third-order valence-electron chi connectivity index (χ3n) is 5.42. The van der Waals surface area contributed by atoms with Crippen molar-refractivity contribution in [3.8, 4) is 0 Å². The molecule has 1 saturated heterocycles. The highest BCUT2D eigenvalue weighted by atomic mass is 16.6. The second kappa shape index (κ2) is 2.93. The Morgan fingerprint density at radius 3 is 2.69 bits per heavy atom. The number of epoxide rings is 1. The summed E-state index contributed by atoms with van der Waals surface area (Å²) >= 11 is 0. The summed E-state index contributed by atoms with van der Waals surface area (Å²) in [6.45, 7) is 9.49. The average Bonchev–Trinajstić information content (AvgIpc) is 2.76. The van der Waals surface area contributed by atoms with Crippen LogP contribution in [0.1, 0.15) is 59.8 Å². The van der Waals surface area contributed by atoms with Gasteiger partial charge < -0.3 is 4.74 Å². The van der Waals surface area contributed by atoms with Gasteiger partial charge in [0.25, 0.3) is 0 Å². The van der Waals surface area contributed by atoms with Crippen LogP contribution in [0.25, 0.3) is 0 Å². The number of ether oxygens (including phenoxy) is 1. The molecule has 0 aromatic heterocycles. The van der Waals surface area contributed by atoms with Crippen LogP contribution < -0.4 is 0 Å². The molecule has 2 aliphatic carbocycles. The van der Waals surface area contributed by atoms with Gasteiger partial charge in [0, 0.05) is 5.92 Å². The van der Waals surface area contributed by atoms with Gasteiger partial charge in [-0.15, -0.1) is 0 Å². The van der Waals surface area contributed by atoms with Crippen molar-refractivity contribution in [3.63, 3.8) is 0 Å². The maximum absolute atomic E-state index is 6.28. The zero-order chi connectivity index (χ0) is 11.6. The molecule has 16 heavy (non-hydrogen) atoms. The molecule has 3 aliphatic rings. The zero-order valence-electron chi connectivity index (χ0n) is 11.1. The molecule has 1 aliphatic heterocycles. The summed E-state index contributed by atoms with van der Waals surface area (Å²) in [5, 5.41) is 0. The van der Waals surface area contributed by atoms with E-state index in [-0.39, 0.29) is 11.2 Å². The molecule has 0 aromatic carbocycles. The van der Waals surface area contributed by atoms with Crippen molar-refractivity contribution in [1.82, 2.24) is 0 Å². The molecule has 1 nitrogen and oxygen atoms in total. The Bertz CT molecular complexity index is 354. The molecule has 1 heteroatoms. The molecule has 1 heterocycles. The molecule has 2 fully saturated rings. The second-order valence-corrected chi connectivity index (χ2v) is 7.06. The first-order chi connectivity index (χ1) is 7.40. The van der Waals surface area contributed by atoms with Gasteiger partial charge in [-0.1, -0.05) is 25.5 Å². The molecule has 0 radical (unpaired) electrons. The van der Waals surface area contributed by atoms with Crippen molar-refractivity contribution < 1.29 is 4.74 Å². The van der Waals surface area contributed by atoms with E-state index < -0.39 is 0 Å². The Labute approximate surface area is 99.3 Å². The monoisotopic (exact) mass is 220 g/mol. The van der Waals surface area contributed by atoms with Crippen molar-refractivity contribution in [3.05, 3.63) is 11.6 Å². The minimum atomic E-state index is 0.197. The van der Waals surface area contributed by atoms with Gasteiger partial charge in [0.2, 0.25) is 0 Å². The summed E-state index contributed by atoms with van der Waals surface area (Å²) in [5.41, 5.74) is 2.38. The molecular formula is C15H24O. The first-order valence-corrected chi connectivity index (χ1v) is 6.77. The number of rotatable bonds is 0. The molecule has 1 spiro atoms. The van der Waals surface area contributed by atoms with Crippen LogP contribution in [-0.4, -0.2) is 11.2 Å². The quantitative estimate of drug-likeness (QED) is 0.442. The number of hydrogen-bond acceptors (Lipinski definition) is 1. The van der Waals surface area contributed by atoms with E-state index >= 15 is 0 Å². The minimum absolute atomic E-state index is 0.197. The Morgan fingerprint density at radius 2 is 1.94 bits per heavy atom. The third kappa shape index (κ3) is 1.21. The van der Waals surface area contributed by atoms with Crippen LogP contribution in [0, 0.1) is 11.3 Å². The number of hydrogen-bond donors (Lipinski definition) is 0. The number of allylic oxidation sites excluding steroid dienone is 1. The summed E-state index contributed by atoms with van der Waals surface area (Å²) in [7, 11) is 0. The summed E-state index contributed by atoms with van der Waals surface area (Å²) in [6, 6.07) is 0. The summed E-state index contributed by atoms with van der Waals surface area (Å²) in [6.07, 6.45) is 8.96. The Morgan fingerprint density at radius 1 is 1.19 bits per heavy atom. The largest absolute Gasteiger partial charge is 0.362 e. The van der Waals surface area contributed by atoms with E-state index in [0.29, 0.717) is 11.3 Å². The predicted octanol–water partition coefficient (Wildman–Crippen LogP) is 4.08. The molecule has 3 atom stereocenters. The van der Waals surface area contributed by atoms with E-state index in [1.807, 2.05) is 0 Å². The third-order valence-corrected chi connectivity index (χ3v) is 5.42. The van der Waals surface area contributed by atoms with Crippen LogP contribution >= 0.6 is 0 Å². The highest BCUT2D eigenvalue weighted by molar-refractivity contribution is 5.29. The molecule has 0 bridgehead atoms. The van der Waals surface area contributed by atoms with Gasteiger partial charge in [-0.3, -0.25) is 0 Å². The maximum atomic E-state index is 6.28. The zero-order valence-corrected chi connectivity index (χ0v) is 11.1. The summed E-state index contributed by atoms with van der Waals surface area (Å²) in [5.74, 6) is 0.640. The van der Waals surface area contributed by atoms with Gasteiger partial charge in [-0.05, 0) is 51.4 Å². The lowest BCUT2D eigenvalue weighted by molar-refractivity contribution is 0.105. The molecule has 3 rings (SSSR count). The standard InChI is InChI=1S/C15H24O/c1-11-6-9-15-12(10-11)13(2,3)7-5-8-14(15,4)16-15/h10,12H,5-9H2,1-4H3/t12-,14-,15+/m1/s1. The summed E-state index contributed by atoms with van der Waals surface area (Å²) < 4.78 is 6.28. The van der Waals surface area contributed by atoms with E-state index in [1.165, 1.54) is 32.1 Å². The topological polar surface area (TPSA) is 12.5 Å². The fourth-order valence-corrected chi connectivity index (χ4v) is 4.28. The summed E-state index contributed by atoms with van der Waals surface area (Å²) in [4.78, 5) is 0. The van der Waals surface area contributed by atoms with Crippen molar-refractivity contribution >= 4 is 0 Å². The average molecular weight is 220 g/mol. The molecular weight excluding hydrogens is 196 g/mol. The highest BCUT2D eigenvalue weighted by Gasteiger charge is 2.72. The molecule has 0 N–H and O–H groups in total. The minimum Gasteiger partial charge on any atom is -0.362 e. The predicted molar refractivity (Wildman–Crippen MR) is 66.3 cm³/mol. The molecule has 0 unspecified atom stereocenters. The lowest BCUT2D eigenvalue weighted by Gasteiger charge is -2.39. The van der Waals surface area contributed by atoms with Gasteiger partial charge in [0.1, 0.15) is 5.60 Å². The van der Waals surface area contributed by atoms with Crippen molar-refractivity contribution in [2.24, 2.45) is 11.3 Å². The smallest absolute Gasteiger partial charge is 0.105 e. The molecule has 0 amide bonds. The fourth-order valence-electron chi connectivity index (χ4n) is 4.28. The Hall–Kier alpha value is -0.300. The van der Waals surface area contributed by atoms with Crippen LogP contribution in [0.2, 0.25) is 0 Å². The van der Waals surface area contributed by atoms with Gasteiger partial charge >= 0.3 is 0 Å². The lowest BCUT2D eigenvalue weighted by atomic mass is 9.64. The van der Waals surface area contributed by atoms with Gasteiger partial charge in [-0.25, -0.2) is 0 Å². The molecule has 90 valence electrons. The van der Waals surface area contributed by atoms with E-state index in [2.05, 4.69) is 33.8 Å². The first-order valence-electron chi connectivity index (χ1n) is 6.77. The second-order valence-electron chi connectivity index (χ2n) is 7.06. The van der Waals surface area contributed by atoms with Gasteiger partial charge in [0.15, 0.2) is 0 Å². The van der Waals surface area contributed by atoms with Gasteiger partial charge in [-0.2, -0.15) is 0 Å². The first kappa shape index (κ1) is 10.8. The van der Waals surface area contributed by atoms with Crippen LogP contribution in [0.4, 0.5) is 0 Å². The van der Waals surface area contributed by atoms with Crippen LogP contribution in [-0.2, 0) is 4.74 Å². The lowest BCUT2D eigenvalue weighted by Crippen LogP contribution is -2.40. The van der Waals surface area contributed by atoms with E-state index in [0.717, 1.165) is 0 Å². The Balaban J connectivity index is 2.05. The maximum Gasteiger partial charge on any atom is 0.105 e. The van der Waals surface area contributed by atoms with Crippen LogP contribution in [0.15, 0.2) is 11.6 Å². The van der Waals surface area contributed by atoms with E-state index in [4.69, 9.17) is 4.74 Å². The van der Waals surface area contributed by atoms with Crippen molar-refractivity contribution in [2.45, 2.75) is 71.0 Å². The Kier molecular flexibility index (Phi) is 1.98. The van der Waals surface area contributed by atoms with Crippen molar-refractivity contribution in [1.29, 1.82) is 0 Å². The highest BCUT2D eigenvalue weighted by Crippen LogP contribution is 2.66. The molecule has 0 aromatic rings. The van der Waals surface area contributed by atoms with Gasteiger partial charge in [0.05, 0.1) is 5.60 Å². The fraction of sp³-hybridized carbons (Fsp3) is 0.867. The van der Waals surface area contributed by atoms with Crippen molar-refractivity contribution in [2.75, 3.05) is 0 Å². The normalized spacial score (nSPS) is 49.8. The van der Waals surface area contributed by atoms with E-state index in [9.17, 15) is 0 Å². The SMILES string of the molecule is CC1=C[C@@H]2C(C)(C)CCC[C@@]3(C)O[C@@]23CC1.